The smallest absolute Gasteiger partial charge is 0.226 e. The van der Waals surface area contributed by atoms with Crippen molar-refractivity contribution in [1.82, 2.24) is 4.90 Å². The van der Waals surface area contributed by atoms with Gasteiger partial charge in [-0.25, -0.2) is 0 Å². The van der Waals surface area contributed by atoms with Crippen LogP contribution in [0.3, 0.4) is 0 Å². The molecule has 3 nitrogen and oxygen atoms in total. The highest BCUT2D eigenvalue weighted by Gasteiger charge is 2.25. The summed E-state index contributed by atoms with van der Waals surface area (Å²) in [5.41, 5.74) is 6.65. The van der Waals surface area contributed by atoms with Gasteiger partial charge >= 0.3 is 0 Å². The number of nitrogens with two attached hydrogens (primary N) is 1. The highest BCUT2D eigenvalue weighted by Crippen LogP contribution is 2.19. The first-order chi connectivity index (χ1) is 8.29. The normalized spacial score (nSPS) is 19.6. The lowest BCUT2D eigenvalue weighted by Crippen LogP contribution is -2.30. The first-order valence-corrected chi connectivity index (χ1v) is 6.31. The van der Waals surface area contributed by atoms with Gasteiger partial charge < -0.3 is 10.6 Å². The van der Waals surface area contributed by atoms with Gasteiger partial charge in [0.1, 0.15) is 0 Å². The SMILES string of the molecule is NCCC1CCN(C(=O)Cc2ccccc2)C1. The Bertz CT molecular complexity index is 364. The second-order valence-corrected chi connectivity index (χ2v) is 4.73. The number of hydrogen-bond acceptors (Lipinski definition) is 2. The highest BCUT2D eigenvalue weighted by atomic mass is 16.2. The third-order valence-corrected chi connectivity index (χ3v) is 3.41. The Morgan fingerprint density at radius 2 is 2.12 bits per heavy atom. The Morgan fingerprint density at radius 1 is 1.35 bits per heavy atom. The van der Waals surface area contributed by atoms with Crippen molar-refractivity contribution in [3.63, 3.8) is 0 Å². The lowest BCUT2D eigenvalue weighted by atomic mass is 10.1. The van der Waals surface area contributed by atoms with Crippen LogP contribution in [0.5, 0.6) is 0 Å². The first kappa shape index (κ1) is 12.1. The summed E-state index contributed by atoms with van der Waals surface area (Å²) in [5.74, 6) is 0.857. The molecular weight excluding hydrogens is 212 g/mol. The fraction of sp³-hybridized carbons (Fsp3) is 0.500. The van der Waals surface area contributed by atoms with Gasteiger partial charge in [-0.1, -0.05) is 30.3 Å². The molecule has 0 aliphatic carbocycles. The number of carbonyl (C=O) groups is 1. The summed E-state index contributed by atoms with van der Waals surface area (Å²) in [5, 5.41) is 0. The average Bonchev–Trinajstić information content (AvgIpc) is 2.79. The summed E-state index contributed by atoms with van der Waals surface area (Å²) < 4.78 is 0. The number of amides is 1. The van der Waals surface area contributed by atoms with Gasteiger partial charge in [0.15, 0.2) is 0 Å². The average molecular weight is 232 g/mol. The molecule has 1 saturated heterocycles. The molecule has 1 aromatic rings. The summed E-state index contributed by atoms with van der Waals surface area (Å²) in [6.45, 7) is 2.52. The Hall–Kier alpha value is -1.35. The molecule has 2 N–H and O–H groups in total. The van der Waals surface area contributed by atoms with Crippen LogP contribution < -0.4 is 5.73 Å². The van der Waals surface area contributed by atoms with Crippen molar-refractivity contribution >= 4 is 5.91 Å². The fourth-order valence-corrected chi connectivity index (χ4v) is 2.41. The Labute approximate surface area is 103 Å². The molecule has 1 amide bonds. The quantitative estimate of drug-likeness (QED) is 0.853. The molecule has 92 valence electrons. The van der Waals surface area contributed by atoms with E-state index in [0.717, 1.165) is 38.0 Å². The van der Waals surface area contributed by atoms with Crippen molar-refractivity contribution in [2.24, 2.45) is 11.7 Å². The molecule has 3 heteroatoms. The van der Waals surface area contributed by atoms with Crippen molar-refractivity contribution in [2.45, 2.75) is 19.3 Å². The van der Waals surface area contributed by atoms with E-state index >= 15 is 0 Å². The van der Waals surface area contributed by atoms with Crippen LogP contribution in [-0.4, -0.2) is 30.4 Å². The maximum absolute atomic E-state index is 12.1. The van der Waals surface area contributed by atoms with Crippen LogP contribution in [0, 0.1) is 5.92 Å². The van der Waals surface area contributed by atoms with Crippen molar-refractivity contribution in [1.29, 1.82) is 0 Å². The Morgan fingerprint density at radius 3 is 2.82 bits per heavy atom. The molecule has 2 rings (SSSR count). The van der Waals surface area contributed by atoms with E-state index in [4.69, 9.17) is 5.73 Å². The van der Waals surface area contributed by atoms with Gasteiger partial charge in [0.2, 0.25) is 5.91 Å². The van der Waals surface area contributed by atoms with Crippen LogP contribution in [0.1, 0.15) is 18.4 Å². The second-order valence-electron chi connectivity index (χ2n) is 4.73. The maximum Gasteiger partial charge on any atom is 0.226 e. The second kappa shape index (κ2) is 5.82. The number of carbonyl (C=O) groups excluding carboxylic acids is 1. The van der Waals surface area contributed by atoms with Crippen LogP contribution in [0.4, 0.5) is 0 Å². The lowest BCUT2D eigenvalue weighted by Gasteiger charge is -2.16. The van der Waals surface area contributed by atoms with Gasteiger partial charge in [0.05, 0.1) is 6.42 Å². The molecule has 1 aliphatic rings. The van der Waals surface area contributed by atoms with E-state index in [2.05, 4.69) is 0 Å². The van der Waals surface area contributed by atoms with E-state index in [0.29, 0.717) is 12.3 Å². The molecule has 1 aromatic carbocycles. The summed E-state index contributed by atoms with van der Waals surface area (Å²) in [6, 6.07) is 9.94. The minimum absolute atomic E-state index is 0.246. The van der Waals surface area contributed by atoms with Crippen molar-refractivity contribution in [3.05, 3.63) is 35.9 Å². The molecular formula is C14H20N2O. The minimum atomic E-state index is 0.246. The van der Waals surface area contributed by atoms with E-state index in [9.17, 15) is 4.79 Å². The van der Waals surface area contributed by atoms with Gasteiger partial charge in [0.25, 0.3) is 0 Å². The van der Waals surface area contributed by atoms with Crippen LogP contribution in [0.2, 0.25) is 0 Å². The zero-order valence-electron chi connectivity index (χ0n) is 10.1. The predicted molar refractivity (Wildman–Crippen MR) is 68.5 cm³/mol. The molecule has 1 atom stereocenters. The fourth-order valence-electron chi connectivity index (χ4n) is 2.41. The monoisotopic (exact) mass is 232 g/mol. The van der Waals surface area contributed by atoms with E-state index in [1.807, 2.05) is 35.2 Å². The largest absolute Gasteiger partial charge is 0.342 e. The van der Waals surface area contributed by atoms with Crippen LogP contribution in [0.25, 0.3) is 0 Å². The standard InChI is InChI=1S/C14H20N2O/c15-8-6-13-7-9-16(11-13)14(17)10-12-4-2-1-3-5-12/h1-5,13H,6-11,15H2. The number of nitrogens with zero attached hydrogens (tertiary/aromatic N) is 1. The topological polar surface area (TPSA) is 46.3 Å². The maximum atomic E-state index is 12.1. The number of rotatable bonds is 4. The minimum Gasteiger partial charge on any atom is -0.342 e. The molecule has 1 fully saturated rings. The predicted octanol–water partition coefficient (Wildman–Crippen LogP) is 1.43. The molecule has 1 unspecified atom stereocenters. The molecule has 0 saturated carbocycles. The van der Waals surface area contributed by atoms with Crippen LogP contribution in [-0.2, 0) is 11.2 Å². The number of hydrogen-bond donors (Lipinski definition) is 1. The Kier molecular flexibility index (Phi) is 4.15. The van der Waals surface area contributed by atoms with Crippen LogP contribution >= 0.6 is 0 Å². The van der Waals surface area contributed by atoms with E-state index in [-0.39, 0.29) is 5.91 Å². The summed E-state index contributed by atoms with van der Waals surface area (Å²) >= 11 is 0. The zero-order valence-corrected chi connectivity index (χ0v) is 10.1. The van der Waals surface area contributed by atoms with Gasteiger partial charge in [-0.3, -0.25) is 4.79 Å². The molecule has 1 heterocycles. The molecule has 0 aromatic heterocycles. The number of benzene rings is 1. The highest BCUT2D eigenvalue weighted by molar-refractivity contribution is 5.79. The van der Waals surface area contributed by atoms with Gasteiger partial charge in [0, 0.05) is 13.1 Å². The first-order valence-electron chi connectivity index (χ1n) is 6.31. The molecule has 0 spiro atoms. The van der Waals surface area contributed by atoms with Crippen molar-refractivity contribution < 1.29 is 4.79 Å². The van der Waals surface area contributed by atoms with Gasteiger partial charge in [-0.2, -0.15) is 0 Å². The zero-order chi connectivity index (χ0) is 12.1. The third-order valence-electron chi connectivity index (χ3n) is 3.41. The summed E-state index contributed by atoms with van der Waals surface area (Å²) in [7, 11) is 0. The van der Waals surface area contributed by atoms with E-state index in [1.165, 1.54) is 0 Å². The molecule has 17 heavy (non-hydrogen) atoms. The van der Waals surface area contributed by atoms with Gasteiger partial charge in [-0.05, 0) is 30.9 Å². The third kappa shape index (κ3) is 3.30. The van der Waals surface area contributed by atoms with Gasteiger partial charge in [-0.15, -0.1) is 0 Å². The molecule has 0 bridgehead atoms. The molecule has 1 aliphatic heterocycles. The number of likely N-dealkylation sites (tertiary alicyclic amines) is 1. The lowest BCUT2D eigenvalue weighted by molar-refractivity contribution is -0.129. The van der Waals surface area contributed by atoms with E-state index in [1.54, 1.807) is 0 Å². The van der Waals surface area contributed by atoms with E-state index < -0.39 is 0 Å². The summed E-state index contributed by atoms with van der Waals surface area (Å²) in [4.78, 5) is 14.0. The summed E-state index contributed by atoms with van der Waals surface area (Å²) in [6.07, 6.45) is 2.67. The van der Waals surface area contributed by atoms with Crippen molar-refractivity contribution in [3.8, 4) is 0 Å². The van der Waals surface area contributed by atoms with Crippen LogP contribution in [0.15, 0.2) is 30.3 Å². The molecule has 0 radical (unpaired) electrons. The Balaban J connectivity index is 1.85. The van der Waals surface area contributed by atoms with Crippen molar-refractivity contribution in [2.75, 3.05) is 19.6 Å².